The third-order valence-corrected chi connectivity index (χ3v) is 4.45. The second-order valence-corrected chi connectivity index (χ2v) is 6.85. The van der Waals surface area contributed by atoms with Crippen molar-refractivity contribution in [3.05, 3.63) is 0 Å². The summed E-state index contributed by atoms with van der Waals surface area (Å²) in [5.41, 5.74) is 0. The zero-order valence-corrected chi connectivity index (χ0v) is 11.4. The molecule has 3 N–H and O–H groups in total. The first-order chi connectivity index (χ1) is 8.24. The summed E-state index contributed by atoms with van der Waals surface area (Å²) in [6.45, 7) is -0.355. The Morgan fingerprint density at radius 3 is 2.50 bits per heavy atom. The van der Waals surface area contributed by atoms with Gasteiger partial charge in [0.2, 0.25) is 15.9 Å². The molecular formula is C10H20N2O5S. The van der Waals surface area contributed by atoms with Gasteiger partial charge in [-0.1, -0.05) is 0 Å². The maximum atomic E-state index is 11.6. The molecule has 18 heavy (non-hydrogen) atoms. The molecular weight excluding hydrogens is 260 g/mol. The van der Waals surface area contributed by atoms with Gasteiger partial charge in [-0.15, -0.1) is 0 Å². The van der Waals surface area contributed by atoms with E-state index in [0.29, 0.717) is 12.8 Å². The molecule has 8 heteroatoms. The third-order valence-electron chi connectivity index (χ3n) is 3.19. The standard InChI is InChI=1S/C10H20N2O5S/c1-12(18(2,16)17)5-10(15)11-8-3-7(6-13)9(14)4-8/h7-9,13-14H,3-6H2,1-2H3,(H,11,15)/t7-,8+,9-/m1/s1. The molecule has 1 aliphatic rings. The van der Waals surface area contributed by atoms with Crippen molar-refractivity contribution >= 4 is 15.9 Å². The summed E-state index contributed by atoms with van der Waals surface area (Å²) in [4.78, 5) is 11.6. The average molecular weight is 280 g/mol. The predicted octanol–water partition coefficient (Wildman–Crippen LogP) is -1.87. The van der Waals surface area contributed by atoms with E-state index in [2.05, 4.69) is 5.32 Å². The van der Waals surface area contributed by atoms with Crippen LogP contribution in [0.3, 0.4) is 0 Å². The van der Waals surface area contributed by atoms with Crippen LogP contribution in [0.1, 0.15) is 12.8 Å². The molecule has 0 spiro atoms. The minimum Gasteiger partial charge on any atom is -0.396 e. The average Bonchev–Trinajstić information content (AvgIpc) is 2.56. The van der Waals surface area contributed by atoms with Gasteiger partial charge in [-0.3, -0.25) is 4.79 Å². The highest BCUT2D eigenvalue weighted by molar-refractivity contribution is 7.88. The van der Waals surface area contributed by atoms with E-state index in [9.17, 15) is 18.3 Å². The summed E-state index contributed by atoms with van der Waals surface area (Å²) in [5, 5.41) is 21.2. The van der Waals surface area contributed by atoms with Gasteiger partial charge < -0.3 is 15.5 Å². The van der Waals surface area contributed by atoms with E-state index in [-0.39, 0.29) is 25.1 Å². The van der Waals surface area contributed by atoms with Crippen LogP contribution in [0.15, 0.2) is 0 Å². The third kappa shape index (κ3) is 4.20. The van der Waals surface area contributed by atoms with Crippen LogP contribution in [0.5, 0.6) is 0 Å². The summed E-state index contributed by atoms with van der Waals surface area (Å²) >= 11 is 0. The second-order valence-electron chi connectivity index (χ2n) is 4.76. The van der Waals surface area contributed by atoms with Gasteiger partial charge in [0, 0.05) is 25.6 Å². The van der Waals surface area contributed by atoms with E-state index in [0.717, 1.165) is 10.6 Å². The second kappa shape index (κ2) is 5.96. The predicted molar refractivity (Wildman–Crippen MR) is 65.2 cm³/mol. The van der Waals surface area contributed by atoms with Crippen molar-refractivity contribution < 1.29 is 23.4 Å². The SMILES string of the molecule is CN(CC(=O)N[C@H]1C[C@H](CO)[C@H](O)C1)S(C)(=O)=O. The topological polar surface area (TPSA) is 107 Å². The number of hydrogen-bond donors (Lipinski definition) is 3. The summed E-state index contributed by atoms with van der Waals surface area (Å²) in [6, 6.07) is -0.211. The molecule has 1 saturated carbocycles. The fourth-order valence-electron chi connectivity index (χ4n) is 2.01. The number of nitrogens with one attached hydrogen (secondary N) is 1. The number of rotatable bonds is 5. The molecule has 0 aliphatic heterocycles. The fourth-order valence-corrected chi connectivity index (χ4v) is 2.36. The highest BCUT2D eigenvalue weighted by atomic mass is 32.2. The van der Waals surface area contributed by atoms with Gasteiger partial charge in [-0.2, -0.15) is 4.31 Å². The first-order valence-electron chi connectivity index (χ1n) is 5.73. The lowest BCUT2D eigenvalue weighted by atomic mass is 10.1. The van der Waals surface area contributed by atoms with E-state index in [4.69, 9.17) is 5.11 Å². The molecule has 7 nitrogen and oxygen atoms in total. The Morgan fingerprint density at radius 2 is 2.06 bits per heavy atom. The minimum atomic E-state index is -3.37. The largest absolute Gasteiger partial charge is 0.396 e. The summed E-state index contributed by atoms with van der Waals surface area (Å²) < 4.78 is 23.2. The first-order valence-corrected chi connectivity index (χ1v) is 7.58. The highest BCUT2D eigenvalue weighted by Crippen LogP contribution is 2.25. The van der Waals surface area contributed by atoms with E-state index >= 15 is 0 Å². The van der Waals surface area contributed by atoms with Gasteiger partial charge in [-0.05, 0) is 12.8 Å². The van der Waals surface area contributed by atoms with Crippen molar-refractivity contribution in [2.24, 2.45) is 5.92 Å². The summed E-state index contributed by atoms with van der Waals surface area (Å²) in [5.74, 6) is -0.623. The Balaban J connectivity index is 2.43. The van der Waals surface area contributed by atoms with Crippen molar-refractivity contribution in [1.29, 1.82) is 0 Å². The number of aliphatic hydroxyl groups excluding tert-OH is 2. The Labute approximate surface area is 107 Å². The number of likely N-dealkylation sites (N-methyl/N-ethyl adjacent to an activating group) is 1. The lowest BCUT2D eigenvalue weighted by molar-refractivity contribution is -0.121. The Kier molecular flexibility index (Phi) is 5.09. The van der Waals surface area contributed by atoms with Crippen LogP contribution in [0.4, 0.5) is 0 Å². The Morgan fingerprint density at radius 1 is 1.44 bits per heavy atom. The van der Waals surface area contributed by atoms with E-state index in [1.807, 2.05) is 0 Å². The van der Waals surface area contributed by atoms with E-state index < -0.39 is 22.0 Å². The van der Waals surface area contributed by atoms with Gasteiger partial charge in [0.25, 0.3) is 0 Å². The van der Waals surface area contributed by atoms with Crippen LogP contribution in [-0.2, 0) is 14.8 Å². The molecule has 3 atom stereocenters. The molecule has 0 aromatic carbocycles. The maximum absolute atomic E-state index is 11.6. The van der Waals surface area contributed by atoms with Crippen molar-refractivity contribution in [2.45, 2.75) is 25.0 Å². The maximum Gasteiger partial charge on any atom is 0.235 e. The number of hydrogen-bond acceptors (Lipinski definition) is 5. The van der Waals surface area contributed by atoms with Gasteiger partial charge >= 0.3 is 0 Å². The fraction of sp³-hybridized carbons (Fsp3) is 0.900. The Hall–Kier alpha value is -0.700. The molecule has 1 fully saturated rings. The Bertz CT molecular complexity index is 397. The molecule has 0 aromatic heterocycles. The molecule has 0 heterocycles. The van der Waals surface area contributed by atoms with Crippen molar-refractivity contribution in [2.75, 3.05) is 26.5 Å². The lowest BCUT2D eigenvalue weighted by Crippen LogP contribution is -2.41. The van der Waals surface area contributed by atoms with Crippen molar-refractivity contribution in [3.63, 3.8) is 0 Å². The number of aliphatic hydroxyl groups is 2. The number of carbonyl (C=O) groups excluding carboxylic acids is 1. The van der Waals surface area contributed by atoms with Crippen LogP contribution < -0.4 is 5.32 Å². The van der Waals surface area contributed by atoms with Gasteiger partial charge in [-0.25, -0.2) is 8.42 Å². The number of nitrogens with zero attached hydrogens (tertiary/aromatic N) is 1. The summed E-state index contributed by atoms with van der Waals surface area (Å²) in [7, 11) is -2.05. The van der Waals surface area contributed by atoms with E-state index in [1.54, 1.807) is 0 Å². The highest BCUT2D eigenvalue weighted by Gasteiger charge is 2.33. The monoisotopic (exact) mass is 280 g/mol. The number of sulfonamides is 1. The van der Waals surface area contributed by atoms with Crippen LogP contribution in [-0.4, -0.2) is 67.4 Å². The molecule has 106 valence electrons. The van der Waals surface area contributed by atoms with Gasteiger partial charge in [0.15, 0.2) is 0 Å². The number of carbonyl (C=O) groups is 1. The van der Waals surface area contributed by atoms with Gasteiger partial charge in [0.05, 0.1) is 18.9 Å². The molecule has 1 amide bonds. The molecule has 0 saturated heterocycles. The van der Waals surface area contributed by atoms with Crippen LogP contribution >= 0.6 is 0 Å². The summed E-state index contributed by atoms with van der Waals surface area (Å²) in [6.07, 6.45) is 1.31. The quantitative estimate of drug-likeness (QED) is 0.547. The van der Waals surface area contributed by atoms with Crippen molar-refractivity contribution in [3.8, 4) is 0 Å². The molecule has 1 aliphatic carbocycles. The molecule has 0 unspecified atom stereocenters. The zero-order chi connectivity index (χ0) is 13.9. The van der Waals surface area contributed by atoms with Gasteiger partial charge in [0.1, 0.15) is 0 Å². The zero-order valence-electron chi connectivity index (χ0n) is 10.5. The molecule has 0 aromatic rings. The minimum absolute atomic E-state index is 0.114. The molecule has 1 rings (SSSR count). The van der Waals surface area contributed by atoms with Crippen molar-refractivity contribution in [1.82, 2.24) is 9.62 Å². The van der Waals surface area contributed by atoms with E-state index in [1.165, 1.54) is 7.05 Å². The van der Waals surface area contributed by atoms with Crippen LogP contribution in [0.25, 0.3) is 0 Å². The molecule has 0 radical (unpaired) electrons. The number of amides is 1. The smallest absolute Gasteiger partial charge is 0.235 e. The lowest BCUT2D eigenvalue weighted by Gasteiger charge is -2.16. The normalized spacial score (nSPS) is 28.6. The first kappa shape index (κ1) is 15.4. The van der Waals surface area contributed by atoms with Crippen LogP contribution in [0, 0.1) is 5.92 Å². The van der Waals surface area contributed by atoms with Crippen LogP contribution in [0.2, 0.25) is 0 Å². The molecule has 0 bridgehead atoms.